The molecule has 0 aliphatic heterocycles. The third-order valence-corrected chi connectivity index (χ3v) is 3.54. The van der Waals surface area contributed by atoms with Gasteiger partial charge in [0.05, 0.1) is 6.61 Å². The molecule has 1 unspecified atom stereocenters. The summed E-state index contributed by atoms with van der Waals surface area (Å²) in [4.78, 5) is 11.1. The predicted molar refractivity (Wildman–Crippen MR) is 116 cm³/mol. The summed E-state index contributed by atoms with van der Waals surface area (Å²) in [6, 6.07) is 10.0. The Morgan fingerprint density at radius 2 is 1.69 bits per heavy atom. The number of unbranched alkanes of at least 4 members (excludes halogenated alkanes) is 1. The molecule has 1 atom stereocenters. The summed E-state index contributed by atoms with van der Waals surface area (Å²) in [7, 11) is 0. The monoisotopic (exact) mass is 356 g/mol. The lowest BCUT2D eigenvalue weighted by molar-refractivity contribution is -0.140. The zero-order chi connectivity index (χ0) is 20.2. The van der Waals surface area contributed by atoms with E-state index in [9.17, 15) is 4.79 Å². The van der Waals surface area contributed by atoms with E-state index >= 15 is 0 Å². The summed E-state index contributed by atoms with van der Waals surface area (Å²) in [6.07, 6.45) is 9.74. The van der Waals surface area contributed by atoms with E-state index in [2.05, 4.69) is 40.2 Å². The molecule has 2 heteroatoms. The molecule has 0 aliphatic carbocycles. The van der Waals surface area contributed by atoms with Gasteiger partial charge in [0, 0.05) is 5.57 Å². The first kappa shape index (κ1) is 25.9. The van der Waals surface area contributed by atoms with Gasteiger partial charge in [-0.05, 0) is 24.8 Å². The van der Waals surface area contributed by atoms with Gasteiger partial charge in [0.1, 0.15) is 0 Å². The van der Waals surface area contributed by atoms with Crippen molar-refractivity contribution in [2.45, 2.75) is 46.5 Å². The van der Waals surface area contributed by atoms with Crippen LogP contribution in [-0.4, -0.2) is 12.6 Å². The number of carbonyl (C=O) groups excluding carboxylic acids is 1. The third kappa shape index (κ3) is 16.5. The lowest BCUT2D eigenvalue weighted by Crippen LogP contribution is -2.14. The Bertz CT molecular complexity index is 508. The molecule has 0 radical (unpaired) electrons. The standard InChI is InChI=1S/C12H22O2.C8H8.C4H6/c1-5-7-8-11(6-2)9-14-12(13)10(3)4;1-2-8-6-4-3-5-7-8;1-3-4-2/h11H,3,5-9H2,1-2,4H3;2-7H,1H2;3-4H,1-2H2. The summed E-state index contributed by atoms with van der Waals surface area (Å²) in [6.45, 7) is 20.4. The van der Waals surface area contributed by atoms with Crippen LogP contribution in [0.3, 0.4) is 0 Å². The summed E-state index contributed by atoms with van der Waals surface area (Å²) in [5.41, 5.74) is 1.66. The number of allylic oxidation sites excluding steroid dienone is 2. The van der Waals surface area contributed by atoms with Crippen molar-refractivity contribution in [3.05, 3.63) is 79.9 Å². The molecule has 0 bridgehead atoms. The molecule has 0 heterocycles. The molecule has 0 N–H and O–H groups in total. The van der Waals surface area contributed by atoms with E-state index in [0.29, 0.717) is 18.1 Å². The van der Waals surface area contributed by atoms with Crippen molar-refractivity contribution >= 4 is 12.0 Å². The second-order valence-corrected chi connectivity index (χ2v) is 5.88. The summed E-state index contributed by atoms with van der Waals surface area (Å²) in [5, 5.41) is 0. The minimum atomic E-state index is -0.264. The number of hydrogen-bond acceptors (Lipinski definition) is 2. The van der Waals surface area contributed by atoms with Crippen LogP contribution in [0.25, 0.3) is 6.08 Å². The van der Waals surface area contributed by atoms with Gasteiger partial charge >= 0.3 is 5.97 Å². The maximum absolute atomic E-state index is 11.1. The number of carbonyl (C=O) groups is 1. The molecule has 1 rings (SSSR count). The van der Waals surface area contributed by atoms with Crippen molar-refractivity contribution in [1.29, 1.82) is 0 Å². The number of rotatable bonds is 9. The Morgan fingerprint density at radius 1 is 1.12 bits per heavy atom. The van der Waals surface area contributed by atoms with E-state index in [0.717, 1.165) is 12.8 Å². The highest BCUT2D eigenvalue weighted by Gasteiger charge is 2.09. The molecule has 26 heavy (non-hydrogen) atoms. The van der Waals surface area contributed by atoms with E-state index < -0.39 is 0 Å². The molecular weight excluding hydrogens is 320 g/mol. The Balaban J connectivity index is 0. The van der Waals surface area contributed by atoms with Gasteiger partial charge in [-0.15, -0.1) is 0 Å². The summed E-state index contributed by atoms with van der Waals surface area (Å²) in [5.74, 6) is 0.248. The van der Waals surface area contributed by atoms with Crippen molar-refractivity contribution < 1.29 is 9.53 Å². The lowest BCUT2D eigenvalue weighted by atomic mass is 10.0. The first-order valence-electron chi connectivity index (χ1n) is 9.20. The van der Waals surface area contributed by atoms with Crippen molar-refractivity contribution in [2.24, 2.45) is 5.92 Å². The molecular formula is C24H36O2. The van der Waals surface area contributed by atoms with Crippen LogP contribution in [0.15, 0.2) is 74.4 Å². The second kappa shape index (κ2) is 19.0. The molecule has 144 valence electrons. The zero-order valence-corrected chi connectivity index (χ0v) is 16.9. The second-order valence-electron chi connectivity index (χ2n) is 5.88. The number of esters is 1. The zero-order valence-electron chi connectivity index (χ0n) is 16.9. The predicted octanol–water partition coefficient (Wildman–Crippen LogP) is 7.01. The number of hydrogen-bond donors (Lipinski definition) is 0. The van der Waals surface area contributed by atoms with Gasteiger partial charge in [-0.1, -0.05) is 108 Å². The minimum Gasteiger partial charge on any atom is -0.462 e. The van der Waals surface area contributed by atoms with E-state index in [4.69, 9.17) is 4.74 Å². The number of benzene rings is 1. The molecule has 0 aliphatic rings. The molecule has 0 fully saturated rings. The maximum Gasteiger partial charge on any atom is 0.333 e. The fourth-order valence-corrected chi connectivity index (χ4v) is 1.80. The first-order chi connectivity index (χ1) is 12.5. The number of ether oxygens (including phenoxy) is 1. The molecule has 0 saturated heterocycles. The topological polar surface area (TPSA) is 26.3 Å². The average molecular weight is 357 g/mol. The van der Waals surface area contributed by atoms with Crippen LogP contribution in [-0.2, 0) is 9.53 Å². The van der Waals surface area contributed by atoms with Crippen LogP contribution in [0.5, 0.6) is 0 Å². The highest BCUT2D eigenvalue weighted by molar-refractivity contribution is 5.86. The van der Waals surface area contributed by atoms with E-state index in [-0.39, 0.29) is 5.97 Å². The van der Waals surface area contributed by atoms with Crippen LogP contribution >= 0.6 is 0 Å². The summed E-state index contributed by atoms with van der Waals surface area (Å²) < 4.78 is 5.12. The first-order valence-corrected chi connectivity index (χ1v) is 9.20. The van der Waals surface area contributed by atoms with Crippen molar-refractivity contribution in [3.63, 3.8) is 0 Å². The fraction of sp³-hybridized carbons (Fsp3) is 0.375. The average Bonchev–Trinajstić information content (AvgIpc) is 2.69. The third-order valence-electron chi connectivity index (χ3n) is 3.54. The molecule has 0 saturated carbocycles. The molecule has 1 aromatic carbocycles. The lowest BCUT2D eigenvalue weighted by Gasteiger charge is -2.14. The van der Waals surface area contributed by atoms with Gasteiger partial charge in [-0.2, -0.15) is 0 Å². The van der Waals surface area contributed by atoms with Gasteiger partial charge in [0.25, 0.3) is 0 Å². The quantitative estimate of drug-likeness (QED) is 0.270. The fourth-order valence-electron chi connectivity index (χ4n) is 1.80. The van der Waals surface area contributed by atoms with E-state index in [1.165, 1.54) is 18.4 Å². The Kier molecular flexibility index (Phi) is 18.9. The van der Waals surface area contributed by atoms with Crippen LogP contribution < -0.4 is 0 Å². The molecule has 2 nitrogen and oxygen atoms in total. The Labute approximate surface area is 161 Å². The minimum absolute atomic E-state index is 0.264. The van der Waals surface area contributed by atoms with Crippen molar-refractivity contribution in [1.82, 2.24) is 0 Å². The molecule has 1 aromatic rings. The highest BCUT2D eigenvalue weighted by Crippen LogP contribution is 2.13. The van der Waals surface area contributed by atoms with Crippen LogP contribution in [0.1, 0.15) is 52.0 Å². The van der Waals surface area contributed by atoms with Gasteiger partial charge in [0.2, 0.25) is 0 Å². The van der Waals surface area contributed by atoms with Gasteiger partial charge < -0.3 is 4.74 Å². The van der Waals surface area contributed by atoms with Crippen LogP contribution in [0, 0.1) is 5.92 Å². The van der Waals surface area contributed by atoms with E-state index in [1.54, 1.807) is 19.1 Å². The normalized spacial score (nSPS) is 9.96. The van der Waals surface area contributed by atoms with Crippen LogP contribution in [0.2, 0.25) is 0 Å². The van der Waals surface area contributed by atoms with Crippen molar-refractivity contribution in [2.75, 3.05) is 6.61 Å². The smallest absolute Gasteiger partial charge is 0.333 e. The van der Waals surface area contributed by atoms with Gasteiger partial charge in [-0.25, -0.2) is 4.79 Å². The SMILES string of the molecule is C=C(C)C(=O)OCC(CC)CCCC.C=CC=C.C=Cc1ccccc1. The van der Waals surface area contributed by atoms with Gasteiger partial charge in [0.15, 0.2) is 0 Å². The van der Waals surface area contributed by atoms with Gasteiger partial charge in [-0.3, -0.25) is 0 Å². The Morgan fingerprint density at radius 3 is 2.04 bits per heavy atom. The summed E-state index contributed by atoms with van der Waals surface area (Å²) >= 11 is 0. The maximum atomic E-state index is 11.1. The van der Waals surface area contributed by atoms with E-state index in [1.807, 2.05) is 36.4 Å². The molecule has 0 aromatic heterocycles. The molecule has 0 amide bonds. The van der Waals surface area contributed by atoms with Crippen LogP contribution in [0.4, 0.5) is 0 Å². The largest absolute Gasteiger partial charge is 0.462 e. The highest BCUT2D eigenvalue weighted by atomic mass is 16.5. The Hall–Kier alpha value is -2.35. The molecule has 0 spiro atoms. The van der Waals surface area contributed by atoms with Crippen molar-refractivity contribution in [3.8, 4) is 0 Å².